The van der Waals surface area contributed by atoms with Crippen molar-refractivity contribution in [2.24, 2.45) is 0 Å². The molecule has 0 atom stereocenters. The van der Waals surface area contributed by atoms with Gasteiger partial charge in [0.15, 0.2) is 17.3 Å². The van der Waals surface area contributed by atoms with Crippen LogP contribution in [0.1, 0.15) is 35.8 Å². The SMILES string of the molecule is CCOC(=O)CCCOc1cc(/C=C/C(=O)c2ccncc2)ncc1OC.Cl.Cl. The van der Waals surface area contributed by atoms with Crippen LogP contribution in [0.3, 0.4) is 0 Å². The lowest BCUT2D eigenvalue weighted by atomic mass is 10.1. The molecule has 29 heavy (non-hydrogen) atoms. The summed E-state index contributed by atoms with van der Waals surface area (Å²) < 4.78 is 15.8. The highest BCUT2D eigenvalue weighted by Gasteiger charge is 2.08. The highest BCUT2D eigenvalue weighted by Crippen LogP contribution is 2.27. The first kappa shape index (κ1) is 26.4. The molecule has 0 unspecified atom stereocenters. The summed E-state index contributed by atoms with van der Waals surface area (Å²) in [5, 5.41) is 0. The number of aromatic nitrogens is 2. The maximum atomic E-state index is 12.1. The molecule has 7 nitrogen and oxygen atoms in total. The largest absolute Gasteiger partial charge is 0.491 e. The zero-order valence-electron chi connectivity index (χ0n) is 16.2. The van der Waals surface area contributed by atoms with Gasteiger partial charge in [-0.3, -0.25) is 19.6 Å². The van der Waals surface area contributed by atoms with Crippen molar-refractivity contribution >= 4 is 42.6 Å². The molecule has 0 saturated heterocycles. The van der Waals surface area contributed by atoms with Crippen molar-refractivity contribution in [3.8, 4) is 11.5 Å². The fraction of sp³-hybridized carbons (Fsp3) is 0.300. The Hall–Kier alpha value is -2.64. The second kappa shape index (κ2) is 14.4. The normalized spacial score (nSPS) is 9.86. The standard InChI is InChI=1S/C20H22N2O5.2ClH/c1-3-26-20(24)5-4-12-27-18-13-16(22-14-19(18)25-2)6-7-17(23)15-8-10-21-11-9-15;;/h6-11,13-14H,3-5,12H2,1-2H3;2*1H/b7-6+;;. The van der Waals surface area contributed by atoms with Crippen LogP contribution in [0.15, 0.2) is 42.9 Å². The summed E-state index contributed by atoms with van der Waals surface area (Å²) in [6, 6.07) is 4.97. The van der Waals surface area contributed by atoms with E-state index in [9.17, 15) is 9.59 Å². The van der Waals surface area contributed by atoms with Gasteiger partial charge >= 0.3 is 5.97 Å². The summed E-state index contributed by atoms with van der Waals surface area (Å²) >= 11 is 0. The fourth-order valence-corrected chi connectivity index (χ4v) is 2.20. The number of methoxy groups -OCH3 is 1. The smallest absolute Gasteiger partial charge is 0.305 e. The molecule has 0 radical (unpaired) electrons. The molecule has 0 saturated carbocycles. The first-order chi connectivity index (χ1) is 13.1. The van der Waals surface area contributed by atoms with Crippen LogP contribution in [0, 0.1) is 0 Å². The van der Waals surface area contributed by atoms with Crippen molar-refractivity contribution in [3.63, 3.8) is 0 Å². The van der Waals surface area contributed by atoms with Gasteiger partial charge in [-0.15, -0.1) is 24.8 Å². The number of ether oxygens (including phenoxy) is 3. The van der Waals surface area contributed by atoms with Crippen LogP contribution in [0.5, 0.6) is 11.5 Å². The Bertz CT molecular complexity index is 801. The van der Waals surface area contributed by atoms with Crippen LogP contribution in [-0.2, 0) is 9.53 Å². The first-order valence-electron chi connectivity index (χ1n) is 8.59. The van der Waals surface area contributed by atoms with Gasteiger partial charge in [-0.2, -0.15) is 0 Å². The monoisotopic (exact) mass is 442 g/mol. The minimum absolute atomic E-state index is 0. The topological polar surface area (TPSA) is 87.6 Å². The van der Waals surface area contributed by atoms with Crippen LogP contribution < -0.4 is 9.47 Å². The molecule has 158 valence electrons. The summed E-state index contributed by atoms with van der Waals surface area (Å²) in [5.74, 6) is 0.573. The van der Waals surface area contributed by atoms with Crippen LogP contribution >= 0.6 is 24.8 Å². The van der Waals surface area contributed by atoms with E-state index in [0.29, 0.717) is 42.4 Å². The predicted octanol–water partition coefficient (Wildman–Crippen LogP) is 3.95. The molecular formula is C20H24Cl2N2O5. The Morgan fingerprint density at radius 3 is 2.52 bits per heavy atom. The number of rotatable bonds is 10. The molecule has 2 aromatic rings. The molecule has 0 spiro atoms. The van der Waals surface area contributed by atoms with E-state index in [0.717, 1.165) is 0 Å². The first-order valence-corrected chi connectivity index (χ1v) is 8.59. The van der Waals surface area contributed by atoms with Gasteiger partial charge in [-0.1, -0.05) is 0 Å². The molecule has 0 aliphatic carbocycles. The van der Waals surface area contributed by atoms with Gasteiger partial charge in [-0.05, 0) is 37.6 Å². The number of halogens is 2. The molecular weight excluding hydrogens is 419 g/mol. The molecule has 9 heteroatoms. The summed E-state index contributed by atoms with van der Waals surface area (Å²) in [4.78, 5) is 31.6. The van der Waals surface area contributed by atoms with E-state index in [1.807, 2.05) is 0 Å². The number of hydrogen-bond donors (Lipinski definition) is 0. The molecule has 2 heterocycles. The Labute approximate surface area is 182 Å². The molecule has 0 aliphatic heterocycles. The number of pyridine rings is 2. The van der Waals surface area contributed by atoms with Gasteiger partial charge in [0.1, 0.15) is 0 Å². The number of hydrogen-bond acceptors (Lipinski definition) is 7. The number of allylic oxidation sites excluding steroid dienone is 1. The number of esters is 1. The number of nitrogens with zero attached hydrogens (tertiary/aromatic N) is 2. The molecule has 0 fully saturated rings. The van der Waals surface area contributed by atoms with Gasteiger partial charge in [0.25, 0.3) is 0 Å². The highest BCUT2D eigenvalue weighted by atomic mass is 35.5. The maximum absolute atomic E-state index is 12.1. The van der Waals surface area contributed by atoms with E-state index < -0.39 is 0 Å². The molecule has 0 aromatic carbocycles. The van der Waals surface area contributed by atoms with Gasteiger partial charge in [0, 0.05) is 30.4 Å². The zero-order chi connectivity index (χ0) is 19.5. The lowest BCUT2D eigenvalue weighted by Crippen LogP contribution is -2.07. The quantitative estimate of drug-likeness (QED) is 0.238. The number of carbonyl (C=O) groups is 2. The third-order valence-corrected chi connectivity index (χ3v) is 3.53. The molecule has 0 amide bonds. The van der Waals surface area contributed by atoms with Crippen LogP contribution in [-0.4, -0.2) is 42.0 Å². The Balaban J connectivity index is 0.00000392. The van der Waals surface area contributed by atoms with E-state index >= 15 is 0 Å². The van der Waals surface area contributed by atoms with Gasteiger partial charge < -0.3 is 14.2 Å². The molecule has 0 aliphatic rings. The van der Waals surface area contributed by atoms with Crippen LogP contribution in [0.2, 0.25) is 0 Å². The van der Waals surface area contributed by atoms with Crippen LogP contribution in [0.25, 0.3) is 6.08 Å². The van der Waals surface area contributed by atoms with Crippen molar-refractivity contribution < 1.29 is 23.8 Å². The van der Waals surface area contributed by atoms with E-state index in [-0.39, 0.29) is 43.0 Å². The van der Waals surface area contributed by atoms with E-state index in [4.69, 9.17) is 14.2 Å². The van der Waals surface area contributed by atoms with Crippen molar-refractivity contribution in [1.29, 1.82) is 0 Å². The Kier molecular flexibility index (Phi) is 13.1. The third kappa shape index (κ3) is 8.93. The van der Waals surface area contributed by atoms with E-state index in [2.05, 4.69) is 9.97 Å². The molecule has 0 bridgehead atoms. The Morgan fingerprint density at radius 2 is 1.86 bits per heavy atom. The molecule has 2 rings (SSSR count). The van der Waals surface area contributed by atoms with Gasteiger partial charge in [-0.25, -0.2) is 0 Å². The van der Waals surface area contributed by atoms with Gasteiger partial charge in [0.05, 0.1) is 32.2 Å². The van der Waals surface area contributed by atoms with Crippen LogP contribution in [0.4, 0.5) is 0 Å². The lowest BCUT2D eigenvalue weighted by Gasteiger charge is -2.10. The van der Waals surface area contributed by atoms with Gasteiger partial charge in [0.2, 0.25) is 0 Å². The second-order valence-corrected chi connectivity index (χ2v) is 5.45. The lowest BCUT2D eigenvalue weighted by molar-refractivity contribution is -0.143. The van der Waals surface area contributed by atoms with Crippen molar-refractivity contribution in [2.45, 2.75) is 19.8 Å². The Morgan fingerprint density at radius 1 is 1.14 bits per heavy atom. The van der Waals surface area contributed by atoms with E-state index in [1.165, 1.54) is 19.4 Å². The number of ketones is 1. The van der Waals surface area contributed by atoms with Crippen molar-refractivity contribution in [2.75, 3.05) is 20.3 Å². The minimum atomic E-state index is -0.249. The predicted molar refractivity (Wildman–Crippen MR) is 114 cm³/mol. The molecule has 2 aromatic heterocycles. The summed E-state index contributed by atoms with van der Waals surface area (Å²) in [6.45, 7) is 2.47. The summed E-state index contributed by atoms with van der Waals surface area (Å²) in [5.41, 5.74) is 1.10. The average Bonchev–Trinajstić information content (AvgIpc) is 2.70. The van der Waals surface area contributed by atoms with Crippen molar-refractivity contribution in [3.05, 3.63) is 54.1 Å². The second-order valence-electron chi connectivity index (χ2n) is 5.45. The fourth-order valence-electron chi connectivity index (χ4n) is 2.20. The third-order valence-electron chi connectivity index (χ3n) is 3.53. The maximum Gasteiger partial charge on any atom is 0.305 e. The number of carbonyl (C=O) groups excluding carboxylic acids is 2. The van der Waals surface area contributed by atoms with E-state index in [1.54, 1.807) is 43.6 Å². The average molecular weight is 443 g/mol. The zero-order valence-corrected chi connectivity index (χ0v) is 17.8. The summed E-state index contributed by atoms with van der Waals surface area (Å²) in [6.07, 6.45) is 8.51. The summed E-state index contributed by atoms with van der Waals surface area (Å²) in [7, 11) is 1.52. The van der Waals surface area contributed by atoms with Crippen molar-refractivity contribution in [1.82, 2.24) is 9.97 Å². The highest BCUT2D eigenvalue weighted by molar-refractivity contribution is 6.06. The molecule has 0 N–H and O–H groups in total. The minimum Gasteiger partial charge on any atom is -0.491 e.